The van der Waals surface area contributed by atoms with Crippen molar-refractivity contribution >= 4 is 46.0 Å². The molecule has 13 heteroatoms. The van der Waals surface area contributed by atoms with Crippen molar-refractivity contribution in [3.63, 3.8) is 0 Å². The van der Waals surface area contributed by atoms with Crippen LogP contribution in [0.4, 0.5) is 8.78 Å². The maximum absolute atomic E-state index is 13.9. The maximum Gasteiger partial charge on any atom is 0.262 e. The van der Waals surface area contributed by atoms with Gasteiger partial charge in [0, 0.05) is 67.2 Å². The van der Waals surface area contributed by atoms with Crippen LogP contribution in [0, 0.1) is 5.92 Å². The minimum absolute atomic E-state index is 0.0423. The summed E-state index contributed by atoms with van der Waals surface area (Å²) in [6.07, 6.45) is 4.62. The number of para-hydroxylation sites is 1. The van der Waals surface area contributed by atoms with Crippen molar-refractivity contribution in [1.29, 1.82) is 0 Å². The second-order valence-electron chi connectivity index (χ2n) is 17.5. The highest BCUT2D eigenvalue weighted by molar-refractivity contribution is 6.23. The third kappa shape index (κ3) is 6.66. The largest absolute Gasteiger partial charge is 0.357 e. The van der Waals surface area contributed by atoms with Crippen LogP contribution in [0.25, 0.3) is 16.5 Å². The van der Waals surface area contributed by atoms with E-state index < -0.39 is 36.1 Å². The van der Waals surface area contributed by atoms with Crippen LogP contribution in [-0.2, 0) is 33.9 Å². The summed E-state index contributed by atoms with van der Waals surface area (Å²) in [5.74, 6) is -1.85. The molecule has 6 heterocycles. The molecular weight excluding hydrogens is 767 g/mol. The summed E-state index contributed by atoms with van der Waals surface area (Å²) in [6.45, 7) is 4.40. The number of fused-ring (bicyclic) bond motifs is 5. The Labute approximate surface area is 346 Å². The number of nitrogens with zero attached hydrogens (tertiary/aromatic N) is 4. The Morgan fingerprint density at radius 3 is 2.22 bits per heavy atom. The number of aromatic amines is 1. The lowest BCUT2D eigenvalue weighted by molar-refractivity contribution is -0.138. The molecule has 6 aliphatic rings. The maximum atomic E-state index is 13.9. The van der Waals surface area contributed by atoms with Gasteiger partial charge in [-0.15, -0.1) is 0 Å². The lowest BCUT2D eigenvalue weighted by Crippen LogP contribution is -2.54. The first-order valence-electron chi connectivity index (χ1n) is 21.3. The molecule has 5 aliphatic heterocycles. The summed E-state index contributed by atoms with van der Waals surface area (Å²) in [7, 11) is 0. The van der Waals surface area contributed by atoms with E-state index in [1.54, 1.807) is 12.1 Å². The van der Waals surface area contributed by atoms with Gasteiger partial charge in [0.15, 0.2) is 0 Å². The number of hydrogen-bond acceptors (Lipinski definition) is 7. The van der Waals surface area contributed by atoms with Crippen LogP contribution in [0.5, 0.6) is 0 Å². The Balaban J connectivity index is 0.752. The van der Waals surface area contributed by atoms with Crippen LogP contribution in [0.15, 0.2) is 66.7 Å². The number of likely N-dealkylation sites (tertiary alicyclic amines) is 1. The molecule has 11 nitrogen and oxygen atoms in total. The number of benzene rings is 3. The fraction of sp³-hybridized carbons (Fsp3) is 0.426. The smallest absolute Gasteiger partial charge is 0.262 e. The number of H-pyrrole nitrogens is 1. The second-order valence-corrected chi connectivity index (χ2v) is 17.5. The van der Waals surface area contributed by atoms with E-state index in [2.05, 4.69) is 51.6 Å². The average molecular weight is 815 g/mol. The van der Waals surface area contributed by atoms with Crippen molar-refractivity contribution in [1.82, 2.24) is 29.9 Å². The number of carbonyl (C=O) groups excluding carboxylic acids is 5. The van der Waals surface area contributed by atoms with Crippen LogP contribution < -0.4 is 5.32 Å². The molecule has 0 bridgehead atoms. The summed E-state index contributed by atoms with van der Waals surface area (Å²) in [6, 6.07) is 19.1. The van der Waals surface area contributed by atoms with Crippen molar-refractivity contribution in [2.75, 3.05) is 19.6 Å². The fourth-order valence-corrected chi connectivity index (χ4v) is 10.9. The first-order valence-corrected chi connectivity index (χ1v) is 21.3. The standard InChI is InChI=1S/C47H48F2N6O5/c1-26-20-35-34-4-2-3-5-38(34)50-42(35)43(54(26)25-40(48)49)29-10-6-27(7-11-29)28-8-12-30(13-9-28)45(58)52-18-16-33(17-19-52)53-23-31-21-36-37(22-32(31)24-53)47(60)55(46(36)59)39-14-15-41(56)51-44(39)57/h2-8,10-11,21-22,26,30,33,39-40,43,50H,9,12-20,23-25H2,1H3,(H,51,56,57)/t26-,30?,39?,43-/m1/s1. The fourth-order valence-electron chi connectivity index (χ4n) is 10.9. The summed E-state index contributed by atoms with van der Waals surface area (Å²) in [4.78, 5) is 75.6. The first-order chi connectivity index (χ1) is 29.0. The summed E-state index contributed by atoms with van der Waals surface area (Å²) >= 11 is 0. The highest BCUT2D eigenvalue weighted by atomic mass is 19.3. The first kappa shape index (κ1) is 38.7. The predicted molar refractivity (Wildman–Crippen MR) is 220 cm³/mol. The highest BCUT2D eigenvalue weighted by Gasteiger charge is 2.46. The van der Waals surface area contributed by atoms with Crippen LogP contribution in [0.3, 0.4) is 0 Å². The van der Waals surface area contributed by atoms with E-state index in [9.17, 15) is 32.8 Å². The van der Waals surface area contributed by atoms with Crippen molar-refractivity contribution in [2.45, 2.75) is 102 Å². The Morgan fingerprint density at radius 1 is 0.867 bits per heavy atom. The molecule has 2 saturated heterocycles. The third-order valence-corrected chi connectivity index (χ3v) is 14.0. The normalized spacial score (nSPS) is 25.2. The van der Waals surface area contributed by atoms with E-state index in [-0.39, 0.29) is 49.3 Å². The van der Waals surface area contributed by atoms with Gasteiger partial charge >= 0.3 is 0 Å². The molecular formula is C47H48F2N6O5. The van der Waals surface area contributed by atoms with Gasteiger partial charge < -0.3 is 9.88 Å². The molecule has 1 aliphatic carbocycles. The number of carbonyl (C=O) groups is 5. The SMILES string of the molecule is C[C@@H]1Cc2c([nH]c3ccccc23)[C@@H](c2ccc(C3=CCC(C(=O)N4CCC(N5Cc6cc7c(cc6C5)C(=O)N(C5CCC(=O)NC5=O)C7=O)CC4)CC3)cc2)N1CC(F)F. The van der Waals surface area contributed by atoms with Gasteiger partial charge in [0.2, 0.25) is 17.7 Å². The zero-order valence-electron chi connectivity index (χ0n) is 33.6. The van der Waals surface area contributed by atoms with E-state index in [1.165, 1.54) is 11.1 Å². The molecule has 1 aromatic heterocycles. The van der Waals surface area contributed by atoms with Gasteiger partial charge in [-0.25, -0.2) is 8.78 Å². The lowest BCUT2D eigenvalue weighted by atomic mass is 9.84. The van der Waals surface area contributed by atoms with Crippen molar-refractivity contribution < 1.29 is 32.8 Å². The summed E-state index contributed by atoms with van der Waals surface area (Å²) < 4.78 is 27.8. The lowest BCUT2D eigenvalue weighted by Gasteiger charge is -2.40. The van der Waals surface area contributed by atoms with E-state index in [1.807, 2.05) is 34.9 Å². The highest BCUT2D eigenvalue weighted by Crippen LogP contribution is 2.42. The predicted octanol–water partition coefficient (Wildman–Crippen LogP) is 6.36. The number of piperidine rings is 2. The molecule has 4 aromatic rings. The second kappa shape index (κ2) is 15.2. The van der Waals surface area contributed by atoms with Gasteiger partial charge in [0.05, 0.1) is 23.7 Å². The Morgan fingerprint density at radius 2 is 1.57 bits per heavy atom. The number of nitrogens with one attached hydrogen (secondary N) is 2. The van der Waals surface area contributed by atoms with Crippen LogP contribution >= 0.6 is 0 Å². The number of alkyl halides is 2. The molecule has 0 radical (unpaired) electrons. The average Bonchev–Trinajstić information content (AvgIpc) is 3.91. The Kier molecular flexibility index (Phi) is 9.78. The van der Waals surface area contributed by atoms with Gasteiger partial charge in [-0.05, 0) is 103 Å². The molecule has 60 heavy (non-hydrogen) atoms. The Bertz CT molecular complexity index is 2430. The monoisotopic (exact) mass is 814 g/mol. The quantitative estimate of drug-likeness (QED) is 0.208. The summed E-state index contributed by atoms with van der Waals surface area (Å²) in [5, 5.41) is 3.40. The van der Waals surface area contributed by atoms with Crippen molar-refractivity contribution in [3.05, 3.63) is 111 Å². The number of hydrogen-bond donors (Lipinski definition) is 2. The zero-order chi connectivity index (χ0) is 41.4. The topological polar surface area (TPSA) is 126 Å². The molecule has 0 spiro atoms. The number of allylic oxidation sites excluding steroid dienone is 2. The molecule has 5 amide bonds. The molecule has 2 N–H and O–H groups in total. The number of halogens is 2. The number of amides is 5. The number of rotatable bonds is 7. The molecule has 2 fully saturated rings. The third-order valence-electron chi connectivity index (χ3n) is 14.0. The van der Waals surface area contributed by atoms with E-state index in [0.717, 1.165) is 69.4 Å². The molecule has 3 aromatic carbocycles. The van der Waals surface area contributed by atoms with Crippen LogP contribution in [0.2, 0.25) is 0 Å². The van der Waals surface area contributed by atoms with Gasteiger partial charge in [-0.3, -0.25) is 44.0 Å². The number of aromatic nitrogens is 1. The van der Waals surface area contributed by atoms with E-state index in [0.29, 0.717) is 50.1 Å². The molecule has 310 valence electrons. The van der Waals surface area contributed by atoms with Crippen LogP contribution in [0.1, 0.15) is 112 Å². The van der Waals surface area contributed by atoms with E-state index in [4.69, 9.17) is 0 Å². The number of imide groups is 2. The summed E-state index contributed by atoms with van der Waals surface area (Å²) in [5.41, 5.74) is 9.14. The van der Waals surface area contributed by atoms with Gasteiger partial charge in [0.1, 0.15) is 6.04 Å². The van der Waals surface area contributed by atoms with Gasteiger partial charge in [-0.1, -0.05) is 48.5 Å². The van der Waals surface area contributed by atoms with Gasteiger partial charge in [0.25, 0.3) is 18.2 Å². The minimum atomic E-state index is -2.44. The zero-order valence-corrected chi connectivity index (χ0v) is 33.6. The van der Waals surface area contributed by atoms with Crippen molar-refractivity contribution in [3.8, 4) is 0 Å². The van der Waals surface area contributed by atoms with Crippen molar-refractivity contribution in [2.24, 2.45) is 5.92 Å². The Hall–Kier alpha value is -5.53. The minimum Gasteiger partial charge on any atom is -0.357 e. The van der Waals surface area contributed by atoms with Crippen LogP contribution in [-0.4, -0.2) is 98.3 Å². The molecule has 0 saturated carbocycles. The van der Waals surface area contributed by atoms with Gasteiger partial charge in [-0.2, -0.15) is 0 Å². The molecule has 10 rings (SSSR count). The molecule has 2 unspecified atom stereocenters. The molecule has 4 atom stereocenters. The van der Waals surface area contributed by atoms with E-state index >= 15 is 0 Å².